The second-order valence-corrected chi connectivity index (χ2v) is 10.2. The van der Waals surface area contributed by atoms with Gasteiger partial charge in [-0.05, 0) is 34.1 Å². The van der Waals surface area contributed by atoms with Crippen molar-refractivity contribution >= 4 is 14.1 Å². The minimum Gasteiger partial charge on any atom is -0.513 e. The third-order valence-corrected chi connectivity index (χ3v) is 7.39. The molecule has 0 aliphatic carbocycles. The molecule has 0 aliphatic rings. The van der Waals surface area contributed by atoms with E-state index in [2.05, 4.69) is 38.8 Å². The Labute approximate surface area is 102 Å². The topological polar surface area (TPSA) is 65.3 Å². The first-order valence-corrected chi connectivity index (χ1v) is 8.35. The Kier molecular flexibility index (Phi) is 3.56. The van der Waals surface area contributed by atoms with Crippen LogP contribution >= 0.6 is 0 Å². The van der Waals surface area contributed by atoms with Gasteiger partial charge in [0.15, 0.2) is 0 Å². The Morgan fingerprint density at radius 2 is 1.94 bits per heavy atom. The monoisotopic (exact) mass is 254 g/mol. The van der Waals surface area contributed by atoms with Crippen LogP contribution < -0.4 is 4.43 Å². The van der Waals surface area contributed by atoms with Crippen LogP contribution in [0.2, 0.25) is 18.1 Å². The maximum Gasteiger partial charge on any atom is 0.367 e. The van der Waals surface area contributed by atoms with Gasteiger partial charge >= 0.3 is 11.7 Å². The van der Waals surface area contributed by atoms with Crippen LogP contribution in [-0.4, -0.2) is 18.2 Å². The lowest BCUT2D eigenvalue weighted by Crippen LogP contribution is -2.44. The number of nitrogens with zero attached hydrogens (tertiary/aromatic N) is 2. The van der Waals surface area contributed by atoms with Crippen molar-refractivity contribution in [3.8, 4) is 5.88 Å². The quantitative estimate of drug-likeness (QED) is 0.471. The summed E-state index contributed by atoms with van der Waals surface area (Å²) in [7, 11) is -1.99. The maximum absolute atomic E-state index is 10.6. The molecule has 0 amide bonds. The average molecular weight is 254 g/mol. The Hall–Kier alpha value is -1.43. The molecule has 0 unspecified atom stereocenters. The van der Waals surface area contributed by atoms with Crippen LogP contribution in [-0.2, 0) is 0 Å². The fourth-order valence-corrected chi connectivity index (χ4v) is 1.92. The van der Waals surface area contributed by atoms with Crippen molar-refractivity contribution in [1.82, 2.24) is 4.98 Å². The van der Waals surface area contributed by atoms with Gasteiger partial charge in [-0.15, -0.1) is 0 Å². The van der Waals surface area contributed by atoms with Crippen molar-refractivity contribution in [2.45, 2.75) is 38.9 Å². The normalized spacial score (nSPS) is 12.3. The highest BCUT2D eigenvalue weighted by molar-refractivity contribution is 6.74. The van der Waals surface area contributed by atoms with E-state index in [1.165, 1.54) is 6.07 Å². The molecular weight excluding hydrogens is 236 g/mol. The molecule has 0 radical (unpaired) electrons. The van der Waals surface area contributed by atoms with E-state index in [0.717, 1.165) is 0 Å². The minimum atomic E-state index is -1.99. The molecule has 1 heterocycles. The third-order valence-electron chi connectivity index (χ3n) is 3.06. The lowest BCUT2D eigenvalue weighted by molar-refractivity contribution is -0.389. The number of rotatable bonds is 3. The lowest BCUT2D eigenvalue weighted by atomic mass is 10.2. The summed E-state index contributed by atoms with van der Waals surface area (Å²) in [5.74, 6) is 0.159. The van der Waals surface area contributed by atoms with Gasteiger partial charge in [-0.1, -0.05) is 20.8 Å². The van der Waals surface area contributed by atoms with E-state index in [0.29, 0.717) is 5.88 Å². The number of hydrogen-bond donors (Lipinski definition) is 0. The summed E-state index contributed by atoms with van der Waals surface area (Å²) in [4.78, 5) is 14.0. The first-order chi connectivity index (χ1) is 7.63. The van der Waals surface area contributed by atoms with Crippen molar-refractivity contribution in [3.05, 3.63) is 28.3 Å². The molecule has 0 bridgehead atoms. The number of pyridine rings is 1. The molecule has 0 saturated carbocycles. The fraction of sp³-hybridized carbons (Fsp3) is 0.545. The van der Waals surface area contributed by atoms with Crippen LogP contribution in [0.15, 0.2) is 18.2 Å². The van der Waals surface area contributed by atoms with Crippen molar-refractivity contribution in [2.75, 3.05) is 0 Å². The predicted octanol–water partition coefficient (Wildman–Crippen LogP) is 3.37. The molecule has 0 saturated heterocycles. The summed E-state index contributed by atoms with van der Waals surface area (Å²) in [6, 6.07) is 4.61. The molecule has 1 rings (SSSR count). The van der Waals surface area contributed by atoms with Crippen molar-refractivity contribution in [2.24, 2.45) is 0 Å². The van der Waals surface area contributed by atoms with Crippen LogP contribution in [0.25, 0.3) is 0 Å². The SMILES string of the molecule is CC(C)(C)[Si](C)(C)Oc1cccc([N+](=O)[O-])n1. The van der Waals surface area contributed by atoms with E-state index < -0.39 is 13.2 Å². The van der Waals surface area contributed by atoms with Gasteiger partial charge in [-0.2, -0.15) is 0 Å². The van der Waals surface area contributed by atoms with Gasteiger partial charge in [0.2, 0.25) is 0 Å². The third kappa shape index (κ3) is 3.26. The molecule has 0 atom stereocenters. The Bertz CT molecular complexity index is 427. The summed E-state index contributed by atoms with van der Waals surface area (Å²) < 4.78 is 5.88. The van der Waals surface area contributed by atoms with E-state index in [-0.39, 0.29) is 10.9 Å². The standard InChI is InChI=1S/C11H18N2O3Si/c1-11(2,3)17(4,5)16-10-8-6-7-9(12-10)13(14)15/h6-8H,1-5H3. The van der Waals surface area contributed by atoms with E-state index in [4.69, 9.17) is 4.43 Å². The lowest BCUT2D eigenvalue weighted by Gasteiger charge is -2.34. The zero-order chi connectivity index (χ0) is 13.3. The van der Waals surface area contributed by atoms with Crippen LogP contribution in [0.4, 0.5) is 5.82 Å². The van der Waals surface area contributed by atoms with Gasteiger partial charge in [0.1, 0.15) is 0 Å². The highest BCUT2D eigenvalue weighted by Gasteiger charge is 2.40. The maximum atomic E-state index is 10.6. The van der Waals surface area contributed by atoms with Gasteiger partial charge < -0.3 is 14.5 Å². The Balaban J connectivity index is 2.96. The second kappa shape index (κ2) is 4.44. The molecule has 1 aromatic heterocycles. The zero-order valence-electron chi connectivity index (χ0n) is 10.9. The first kappa shape index (κ1) is 13.6. The summed E-state index contributed by atoms with van der Waals surface area (Å²) in [5.41, 5.74) is 0. The molecule has 0 fully saturated rings. The van der Waals surface area contributed by atoms with Crippen molar-refractivity contribution in [3.63, 3.8) is 0 Å². The molecule has 17 heavy (non-hydrogen) atoms. The number of hydrogen-bond acceptors (Lipinski definition) is 4. The Morgan fingerprint density at radius 1 is 1.35 bits per heavy atom. The molecule has 6 heteroatoms. The van der Waals surface area contributed by atoms with Gasteiger partial charge in [0, 0.05) is 12.1 Å². The summed E-state index contributed by atoms with van der Waals surface area (Å²) in [6.07, 6.45) is 0. The molecule has 5 nitrogen and oxygen atoms in total. The van der Waals surface area contributed by atoms with Gasteiger partial charge in [-0.25, -0.2) is 0 Å². The molecule has 1 aromatic rings. The first-order valence-electron chi connectivity index (χ1n) is 5.44. The fourth-order valence-electron chi connectivity index (χ4n) is 0.977. The van der Waals surface area contributed by atoms with Crippen LogP contribution in [0.5, 0.6) is 5.88 Å². The predicted molar refractivity (Wildman–Crippen MR) is 68.7 cm³/mol. The number of nitro groups is 1. The highest BCUT2D eigenvalue weighted by Crippen LogP contribution is 2.37. The van der Waals surface area contributed by atoms with Crippen LogP contribution in [0.1, 0.15) is 20.8 Å². The Morgan fingerprint density at radius 3 is 2.41 bits per heavy atom. The molecule has 0 N–H and O–H groups in total. The highest BCUT2D eigenvalue weighted by atomic mass is 28.4. The summed E-state index contributed by atoms with van der Waals surface area (Å²) >= 11 is 0. The van der Waals surface area contributed by atoms with E-state index >= 15 is 0 Å². The summed E-state index contributed by atoms with van der Waals surface area (Å²) in [5, 5.41) is 10.7. The van der Waals surface area contributed by atoms with Gasteiger partial charge in [-0.3, -0.25) is 0 Å². The van der Waals surface area contributed by atoms with E-state index in [9.17, 15) is 10.1 Å². The molecule has 0 aromatic carbocycles. The van der Waals surface area contributed by atoms with Crippen molar-refractivity contribution < 1.29 is 9.35 Å². The molecule has 94 valence electrons. The summed E-state index contributed by atoms with van der Waals surface area (Å²) in [6.45, 7) is 10.5. The minimum absolute atomic E-state index is 0.0410. The molecule has 0 aliphatic heterocycles. The second-order valence-electron chi connectivity index (χ2n) is 5.45. The van der Waals surface area contributed by atoms with Gasteiger partial charge in [0.05, 0.1) is 0 Å². The van der Waals surface area contributed by atoms with E-state index in [1.54, 1.807) is 12.1 Å². The average Bonchev–Trinajstić information content (AvgIpc) is 2.15. The largest absolute Gasteiger partial charge is 0.513 e. The van der Waals surface area contributed by atoms with E-state index in [1.807, 2.05) is 0 Å². The molecular formula is C11H18N2O3Si. The zero-order valence-corrected chi connectivity index (χ0v) is 11.9. The number of aromatic nitrogens is 1. The molecule has 0 spiro atoms. The van der Waals surface area contributed by atoms with Crippen LogP contribution in [0.3, 0.4) is 0 Å². The van der Waals surface area contributed by atoms with Crippen molar-refractivity contribution in [1.29, 1.82) is 0 Å². The van der Waals surface area contributed by atoms with Gasteiger partial charge in [0.25, 0.3) is 8.32 Å². The van der Waals surface area contributed by atoms with Crippen LogP contribution in [0, 0.1) is 10.1 Å². The smallest absolute Gasteiger partial charge is 0.367 e.